The van der Waals surface area contributed by atoms with Gasteiger partial charge in [-0.25, -0.2) is 0 Å². The number of para-hydroxylation sites is 1. The molecule has 1 heterocycles. The summed E-state index contributed by atoms with van der Waals surface area (Å²) in [6.07, 6.45) is 0. The fraction of sp³-hybridized carbons (Fsp3) is 0.241. The van der Waals surface area contributed by atoms with Gasteiger partial charge in [-0.05, 0) is 67.4 Å². The molecule has 0 saturated carbocycles. The van der Waals surface area contributed by atoms with Crippen LogP contribution >= 0.6 is 0 Å². The summed E-state index contributed by atoms with van der Waals surface area (Å²) in [6.45, 7) is 4.22. The van der Waals surface area contributed by atoms with Crippen LogP contribution in [0.2, 0.25) is 0 Å². The van der Waals surface area contributed by atoms with Gasteiger partial charge < -0.3 is 24.1 Å². The minimum atomic E-state index is -0.957. The number of hydrogen-bond acceptors (Lipinski definition) is 7. The van der Waals surface area contributed by atoms with E-state index in [1.165, 1.54) is 26.2 Å². The number of Topliss-reactive ketones (excluding diaryl/α,β-unsaturated/α-hetero) is 1. The van der Waals surface area contributed by atoms with Crippen LogP contribution in [0, 0.1) is 6.92 Å². The van der Waals surface area contributed by atoms with Crippen LogP contribution in [0.4, 0.5) is 5.69 Å². The van der Waals surface area contributed by atoms with E-state index < -0.39 is 17.7 Å². The van der Waals surface area contributed by atoms with Crippen molar-refractivity contribution in [3.8, 4) is 23.0 Å². The van der Waals surface area contributed by atoms with Crippen molar-refractivity contribution in [1.82, 2.24) is 0 Å². The van der Waals surface area contributed by atoms with E-state index in [1.807, 2.05) is 26.0 Å². The van der Waals surface area contributed by atoms with E-state index in [2.05, 4.69) is 0 Å². The smallest absolute Gasteiger partial charge is 0.300 e. The van der Waals surface area contributed by atoms with Gasteiger partial charge in [-0.3, -0.25) is 14.5 Å². The Morgan fingerprint density at radius 1 is 0.919 bits per heavy atom. The summed E-state index contributed by atoms with van der Waals surface area (Å²) in [4.78, 5) is 28.4. The highest BCUT2D eigenvalue weighted by Gasteiger charge is 2.47. The second-order valence-electron chi connectivity index (χ2n) is 8.37. The molecule has 8 nitrogen and oxygen atoms in total. The standard InChI is InChI=1S/C29H29NO7/c1-6-37-20-13-11-18(12-14-20)26(31)24-25(19-15-22(34-3)28(36-5)23(16-19)35-4)30(29(33)27(24)32)21-10-8-7-9-17(21)2/h7-16,25,31H,6H2,1-5H3/b26-24+. The average Bonchev–Trinajstić information content (AvgIpc) is 3.18. The average molecular weight is 504 g/mol. The number of carbonyl (C=O) groups is 2. The second-order valence-corrected chi connectivity index (χ2v) is 8.37. The summed E-state index contributed by atoms with van der Waals surface area (Å²) in [5.41, 5.74) is 2.18. The van der Waals surface area contributed by atoms with E-state index in [1.54, 1.807) is 48.5 Å². The SMILES string of the molecule is CCOc1ccc(/C(O)=C2\C(=O)C(=O)N(c3ccccc3C)C2c2cc(OC)c(OC)c(OC)c2)cc1. The first-order chi connectivity index (χ1) is 17.9. The molecule has 0 aliphatic carbocycles. The molecule has 8 heteroatoms. The summed E-state index contributed by atoms with van der Waals surface area (Å²) in [7, 11) is 4.46. The van der Waals surface area contributed by atoms with Crippen molar-refractivity contribution >= 4 is 23.1 Å². The van der Waals surface area contributed by atoms with Gasteiger partial charge in [0.1, 0.15) is 11.5 Å². The molecule has 1 aliphatic heterocycles. The van der Waals surface area contributed by atoms with Gasteiger partial charge in [0.25, 0.3) is 11.7 Å². The second kappa shape index (κ2) is 10.7. The molecule has 1 atom stereocenters. The van der Waals surface area contributed by atoms with Crippen molar-refractivity contribution in [3.05, 3.63) is 82.9 Å². The molecule has 0 bridgehead atoms. The Labute approximate surface area is 215 Å². The van der Waals surface area contributed by atoms with Crippen LogP contribution in [0.5, 0.6) is 23.0 Å². The summed E-state index contributed by atoms with van der Waals surface area (Å²) in [5.74, 6) is -0.138. The van der Waals surface area contributed by atoms with Gasteiger partial charge in [-0.1, -0.05) is 18.2 Å². The van der Waals surface area contributed by atoms with E-state index in [-0.39, 0.29) is 11.3 Å². The lowest BCUT2D eigenvalue weighted by Gasteiger charge is -2.27. The molecule has 0 radical (unpaired) electrons. The van der Waals surface area contributed by atoms with E-state index >= 15 is 0 Å². The maximum atomic E-state index is 13.5. The molecule has 192 valence electrons. The maximum absolute atomic E-state index is 13.5. The van der Waals surface area contributed by atoms with Gasteiger partial charge >= 0.3 is 0 Å². The lowest BCUT2D eigenvalue weighted by molar-refractivity contribution is -0.132. The summed E-state index contributed by atoms with van der Waals surface area (Å²) >= 11 is 0. The molecular formula is C29H29NO7. The largest absolute Gasteiger partial charge is 0.507 e. The zero-order chi connectivity index (χ0) is 26.7. The Balaban J connectivity index is 1.99. The molecular weight excluding hydrogens is 474 g/mol. The number of anilines is 1. The molecule has 1 unspecified atom stereocenters. The van der Waals surface area contributed by atoms with Gasteiger partial charge in [0.15, 0.2) is 11.5 Å². The van der Waals surface area contributed by atoms with Gasteiger partial charge in [0.2, 0.25) is 5.75 Å². The number of nitrogens with zero attached hydrogens (tertiary/aromatic N) is 1. The maximum Gasteiger partial charge on any atom is 0.300 e. The molecule has 1 amide bonds. The monoisotopic (exact) mass is 503 g/mol. The quantitative estimate of drug-likeness (QED) is 0.261. The van der Waals surface area contributed by atoms with Crippen LogP contribution in [0.1, 0.15) is 29.7 Å². The van der Waals surface area contributed by atoms with Crippen molar-refractivity contribution in [2.45, 2.75) is 19.9 Å². The highest BCUT2D eigenvalue weighted by Crippen LogP contribution is 2.47. The lowest BCUT2D eigenvalue weighted by atomic mass is 9.94. The summed E-state index contributed by atoms with van der Waals surface area (Å²) < 4.78 is 22.0. The van der Waals surface area contributed by atoms with E-state index in [0.29, 0.717) is 46.4 Å². The van der Waals surface area contributed by atoms with Crippen molar-refractivity contribution in [2.75, 3.05) is 32.8 Å². The third-order valence-electron chi connectivity index (χ3n) is 6.26. The highest BCUT2D eigenvalue weighted by atomic mass is 16.5. The molecule has 1 aliphatic rings. The van der Waals surface area contributed by atoms with Crippen LogP contribution in [0.25, 0.3) is 5.76 Å². The number of rotatable bonds is 8. The Morgan fingerprint density at radius 2 is 1.54 bits per heavy atom. The molecule has 4 rings (SSSR count). The van der Waals surface area contributed by atoms with Crippen LogP contribution in [-0.2, 0) is 9.59 Å². The number of aliphatic hydroxyl groups is 1. The van der Waals surface area contributed by atoms with Crippen molar-refractivity contribution < 1.29 is 33.6 Å². The number of aryl methyl sites for hydroxylation is 1. The normalized spacial score (nSPS) is 16.6. The number of amides is 1. The predicted molar refractivity (Wildman–Crippen MR) is 140 cm³/mol. The van der Waals surface area contributed by atoms with Crippen LogP contribution < -0.4 is 23.8 Å². The molecule has 0 aromatic heterocycles. The predicted octanol–water partition coefficient (Wildman–Crippen LogP) is 5.05. The molecule has 1 N–H and O–H groups in total. The Kier molecular flexibility index (Phi) is 7.38. The summed E-state index contributed by atoms with van der Waals surface area (Å²) in [6, 6.07) is 16.3. The van der Waals surface area contributed by atoms with Gasteiger partial charge in [-0.15, -0.1) is 0 Å². The topological polar surface area (TPSA) is 94.5 Å². The Morgan fingerprint density at radius 3 is 2.08 bits per heavy atom. The van der Waals surface area contributed by atoms with Crippen molar-refractivity contribution in [3.63, 3.8) is 0 Å². The number of ether oxygens (including phenoxy) is 4. The fourth-order valence-corrected chi connectivity index (χ4v) is 4.52. The number of aliphatic hydroxyl groups excluding tert-OH is 1. The molecule has 0 spiro atoms. The van der Waals surface area contributed by atoms with Crippen LogP contribution in [0.15, 0.2) is 66.2 Å². The fourth-order valence-electron chi connectivity index (χ4n) is 4.52. The first-order valence-electron chi connectivity index (χ1n) is 11.8. The van der Waals surface area contributed by atoms with E-state index in [4.69, 9.17) is 18.9 Å². The molecule has 3 aromatic rings. The third-order valence-corrected chi connectivity index (χ3v) is 6.26. The number of ketones is 1. The number of benzene rings is 3. The minimum Gasteiger partial charge on any atom is -0.507 e. The van der Waals surface area contributed by atoms with Gasteiger partial charge in [0.05, 0.1) is 39.6 Å². The highest BCUT2D eigenvalue weighted by molar-refractivity contribution is 6.51. The van der Waals surface area contributed by atoms with E-state index in [9.17, 15) is 14.7 Å². The summed E-state index contributed by atoms with van der Waals surface area (Å²) in [5, 5.41) is 11.4. The number of carbonyl (C=O) groups excluding carboxylic acids is 2. The zero-order valence-corrected chi connectivity index (χ0v) is 21.4. The van der Waals surface area contributed by atoms with Crippen molar-refractivity contribution in [2.24, 2.45) is 0 Å². The van der Waals surface area contributed by atoms with Crippen LogP contribution in [-0.4, -0.2) is 44.7 Å². The Bertz CT molecular complexity index is 1340. The molecule has 37 heavy (non-hydrogen) atoms. The minimum absolute atomic E-state index is 0.0494. The first kappa shape index (κ1) is 25.6. The van der Waals surface area contributed by atoms with E-state index in [0.717, 1.165) is 5.56 Å². The number of methoxy groups -OCH3 is 3. The number of hydrogen-bond donors (Lipinski definition) is 1. The Hall–Kier alpha value is -4.46. The zero-order valence-electron chi connectivity index (χ0n) is 21.4. The third kappa shape index (κ3) is 4.58. The van der Waals surface area contributed by atoms with Gasteiger partial charge in [0, 0.05) is 11.3 Å². The first-order valence-corrected chi connectivity index (χ1v) is 11.8. The van der Waals surface area contributed by atoms with Crippen molar-refractivity contribution in [1.29, 1.82) is 0 Å². The van der Waals surface area contributed by atoms with Crippen LogP contribution in [0.3, 0.4) is 0 Å². The molecule has 1 saturated heterocycles. The lowest BCUT2D eigenvalue weighted by Crippen LogP contribution is -2.30. The molecule has 1 fully saturated rings. The molecule has 3 aromatic carbocycles. The van der Waals surface area contributed by atoms with Gasteiger partial charge in [-0.2, -0.15) is 0 Å².